The van der Waals surface area contributed by atoms with Crippen molar-refractivity contribution in [1.29, 1.82) is 0 Å². The van der Waals surface area contributed by atoms with Crippen molar-refractivity contribution in [2.45, 2.75) is 26.1 Å². The molecular weight excluding hydrogens is 461 g/mol. The van der Waals surface area contributed by atoms with E-state index in [1.165, 1.54) is 12.1 Å². The van der Waals surface area contributed by atoms with Crippen molar-refractivity contribution in [2.75, 3.05) is 39.4 Å². The molecular formula is C25H27F3N4O3. The molecule has 186 valence electrons. The van der Waals surface area contributed by atoms with Gasteiger partial charge >= 0.3 is 6.18 Å². The van der Waals surface area contributed by atoms with E-state index in [0.717, 1.165) is 30.8 Å². The Hall–Kier alpha value is -3.24. The van der Waals surface area contributed by atoms with Gasteiger partial charge in [-0.3, -0.25) is 9.69 Å². The van der Waals surface area contributed by atoms with E-state index >= 15 is 0 Å². The maximum absolute atomic E-state index is 13.0. The molecule has 2 aromatic carbocycles. The van der Waals surface area contributed by atoms with Crippen LogP contribution in [0.25, 0.3) is 22.8 Å². The van der Waals surface area contributed by atoms with Crippen molar-refractivity contribution in [2.24, 2.45) is 0 Å². The average molecular weight is 489 g/mol. The Bertz CT molecular complexity index is 1140. The summed E-state index contributed by atoms with van der Waals surface area (Å²) in [4.78, 5) is 20.7. The largest absolute Gasteiger partial charge is 0.416 e. The zero-order chi connectivity index (χ0) is 24.8. The third-order valence-electron chi connectivity index (χ3n) is 5.84. The van der Waals surface area contributed by atoms with Crippen molar-refractivity contribution < 1.29 is 27.2 Å². The molecule has 0 aliphatic carbocycles. The van der Waals surface area contributed by atoms with Gasteiger partial charge in [-0.25, -0.2) is 0 Å². The van der Waals surface area contributed by atoms with Crippen LogP contribution < -0.4 is 0 Å². The maximum Gasteiger partial charge on any atom is 0.416 e. The zero-order valence-corrected chi connectivity index (χ0v) is 19.4. The molecule has 1 fully saturated rings. The normalized spacial score (nSPS) is 14.9. The lowest BCUT2D eigenvalue weighted by Gasteiger charge is -2.34. The second-order valence-electron chi connectivity index (χ2n) is 8.31. The summed E-state index contributed by atoms with van der Waals surface area (Å²) in [6, 6.07) is 12.5. The fourth-order valence-corrected chi connectivity index (χ4v) is 3.97. The number of nitrogens with zero attached hydrogens (tertiary/aromatic N) is 4. The highest BCUT2D eigenvalue weighted by Crippen LogP contribution is 2.32. The number of benzene rings is 2. The molecule has 7 nitrogen and oxygen atoms in total. The van der Waals surface area contributed by atoms with E-state index in [2.05, 4.69) is 15.0 Å². The molecule has 2 heterocycles. The maximum atomic E-state index is 13.0. The molecule has 0 N–H and O–H groups in total. The van der Waals surface area contributed by atoms with Gasteiger partial charge in [-0.1, -0.05) is 29.4 Å². The van der Waals surface area contributed by atoms with E-state index in [1.807, 2.05) is 36.1 Å². The highest BCUT2D eigenvalue weighted by molar-refractivity contribution is 5.76. The van der Waals surface area contributed by atoms with E-state index < -0.39 is 11.7 Å². The lowest BCUT2D eigenvalue weighted by molar-refractivity contribution is -0.137. The van der Waals surface area contributed by atoms with Gasteiger partial charge in [0.1, 0.15) is 0 Å². The van der Waals surface area contributed by atoms with Crippen LogP contribution in [-0.4, -0.2) is 65.2 Å². The van der Waals surface area contributed by atoms with E-state index in [-0.39, 0.29) is 17.4 Å². The lowest BCUT2D eigenvalue weighted by atomic mass is 10.1. The first-order valence-corrected chi connectivity index (χ1v) is 11.5. The van der Waals surface area contributed by atoms with E-state index in [0.29, 0.717) is 50.7 Å². The van der Waals surface area contributed by atoms with Gasteiger partial charge in [0, 0.05) is 50.5 Å². The van der Waals surface area contributed by atoms with Gasteiger partial charge in [-0.15, -0.1) is 0 Å². The predicted octanol–water partition coefficient (Wildman–Crippen LogP) is 4.49. The van der Waals surface area contributed by atoms with Crippen molar-refractivity contribution in [3.05, 3.63) is 59.7 Å². The monoisotopic (exact) mass is 488 g/mol. The highest BCUT2D eigenvalue weighted by atomic mass is 19.4. The molecule has 1 amide bonds. The zero-order valence-electron chi connectivity index (χ0n) is 19.4. The lowest BCUT2D eigenvalue weighted by Crippen LogP contribution is -2.48. The topological polar surface area (TPSA) is 71.7 Å². The summed E-state index contributed by atoms with van der Waals surface area (Å²) in [5.41, 5.74) is 1.20. The number of alkyl halides is 3. The summed E-state index contributed by atoms with van der Waals surface area (Å²) in [5.74, 6) is 0.458. The van der Waals surface area contributed by atoms with Crippen molar-refractivity contribution in [3.8, 4) is 22.8 Å². The Morgan fingerprint density at radius 3 is 2.54 bits per heavy atom. The van der Waals surface area contributed by atoms with Crippen LogP contribution in [-0.2, 0) is 22.3 Å². The van der Waals surface area contributed by atoms with Gasteiger partial charge in [0.05, 0.1) is 18.6 Å². The molecule has 0 spiro atoms. The number of rotatable bonds is 8. The molecule has 35 heavy (non-hydrogen) atoms. The summed E-state index contributed by atoms with van der Waals surface area (Å²) < 4.78 is 49.6. The Balaban J connectivity index is 1.38. The number of amides is 1. The second-order valence-corrected chi connectivity index (χ2v) is 8.31. The highest BCUT2D eigenvalue weighted by Gasteiger charge is 2.31. The summed E-state index contributed by atoms with van der Waals surface area (Å²) in [6.45, 7) is 6.56. The van der Waals surface area contributed by atoms with Crippen LogP contribution in [0.3, 0.4) is 0 Å². The number of aromatic nitrogens is 2. The molecule has 1 saturated heterocycles. The minimum absolute atomic E-state index is 0.0293. The predicted molar refractivity (Wildman–Crippen MR) is 123 cm³/mol. The van der Waals surface area contributed by atoms with Gasteiger partial charge in [-0.05, 0) is 36.8 Å². The molecule has 4 rings (SSSR count). The first kappa shape index (κ1) is 24.9. The van der Waals surface area contributed by atoms with E-state index in [9.17, 15) is 18.0 Å². The number of halogens is 3. The molecule has 0 unspecified atom stereocenters. The Kier molecular flexibility index (Phi) is 7.82. The third kappa shape index (κ3) is 6.46. The van der Waals surface area contributed by atoms with E-state index in [1.54, 1.807) is 0 Å². The van der Waals surface area contributed by atoms with Gasteiger partial charge in [-0.2, -0.15) is 18.2 Å². The summed E-state index contributed by atoms with van der Waals surface area (Å²) >= 11 is 0. The summed E-state index contributed by atoms with van der Waals surface area (Å²) in [6.07, 6.45) is -4.04. The molecule has 0 saturated carbocycles. The van der Waals surface area contributed by atoms with Crippen LogP contribution in [0.5, 0.6) is 0 Å². The smallest absolute Gasteiger partial charge is 0.381 e. The minimum Gasteiger partial charge on any atom is -0.381 e. The molecule has 1 aromatic heterocycles. The fraction of sp³-hybridized carbons (Fsp3) is 0.400. The molecule has 0 atom stereocenters. The number of hydrogen-bond donors (Lipinski definition) is 0. The molecule has 1 aliphatic rings. The van der Waals surface area contributed by atoms with Crippen molar-refractivity contribution >= 4 is 5.91 Å². The standard InChI is InChI=1S/C25H27F3N4O3/c1-2-34-14-9-22(33)32-12-10-31(11-13-32)17-18-5-3-6-19(15-18)23-29-24(35-30-23)20-7-4-8-21(16-20)25(26,27)28/h3-8,15-16H,2,9-14,17H2,1H3. The van der Waals surface area contributed by atoms with Crippen LogP contribution in [0.2, 0.25) is 0 Å². The third-order valence-corrected chi connectivity index (χ3v) is 5.84. The van der Waals surface area contributed by atoms with Crippen molar-refractivity contribution in [3.63, 3.8) is 0 Å². The fourth-order valence-electron chi connectivity index (χ4n) is 3.97. The van der Waals surface area contributed by atoms with Gasteiger partial charge in [0.15, 0.2) is 0 Å². The summed E-state index contributed by atoms with van der Waals surface area (Å²) in [5, 5.41) is 3.97. The van der Waals surface area contributed by atoms with Crippen LogP contribution >= 0.6 is 0 Å². The van der Waals surface area contributed by atoms with Crippen LogP contribution in [0.4, 0.5) is 13.2 Å². The van der Waals surface area contributed by atoms with Gasteiger partial charge in [0.2, 0.25) is 11.7 Å². The molecule has 0 bridgehead atoms. The Morgan fingerprint density at radius 2 is 1.80 bits per heavy atom. The number of piperazine rings is 1. The Morgan fingerprint density at radius 1 is 1.06 bits per heavy atom. The minimum atomic E-state index is -4.45. The quantitative estimate of drug-likeness (QED) is 0.435. The Labute approximate surface area is 201 Å². The van der Waals surface area contributed by atoms with Gasteiger partial charge < -0.3 is 14.2 Å². The SMILES string of the molecule is CCOCCC(=O)N1CCN(Cc2cccc(-c3noc(-c4cccc(C(F)(F)F)c4)n3)c2)CC1. The summed E-state index contributed by atoms with van der Waals surface area (Å²) in [7, 11) is 0. The first-order chi connectivity index (χ1) is 16.8. The average Bonchev–Trinajstić information content (AvgIpc) is 3.35. The van der Waals surface area contributed by atoms with Crippen LogP contribution in [0, 0.1) is 0 Å². The number of hydrogen-bond acceptors (Lipinski definition) is 6. The molecule has 1 aliphatic heterocycles. The first-order valence-electron chi connectivity index (χ1n) is 11.5. The van der Waals surface area contributed by atoms with Crippen molar-refractivity contribution in [1.82, 2.24) is 19.9 Å². The van der Waals surface area contributed by atoms with Gasteiger partial charge in [0.25, 0.3) is 5.89 Å². The van der Waals surface area contributed by atoms with Crippen LogP contribution in [0.1, 0.15) is 24.5 Å². The second kappa shape index (κ2) is 11.0. The molecule has 3 aromatic rings. The van der Waals surface area contributed by atoms with E-state index in [4.69, 9.17) is 9.26 Å². The van der Waals surface area contributed by atoms with Crippen LogP contribution in [0.15, 0.2) is 53.1 Å². The molecule has 0 radical (unpaired) electrons. The number of ether oxygens (including phenoxy) is 1. The molecule has 10 heteroatoms. The number of carbonyl (C=O) groups excluding carboxylic acids is 1. The number of carbonyl (C=O) groups is 1.